The monoisotopic (exact) mass is 276 g/mol. The first-order valence-corrected chi connectivity index (χ1v) is 7.23. The van der Waals surface area contributed by atoms with Crippen molar-refractivity contribution in [3.8, 4) is 0 Å². The Bertz CT molecular complexity index is 423. The molecule has 1 aliphatic carbocycles. The summed E-state index contributed by atoms with van der Waals surface area (Å²) in [6.07, 6.45) is 3.17. The molecular weight excluding hydrogens is 252 g/mol. The summed E-state index contributed by atoms with van der Waals surface area (Å²) in [6, 6.07) is 9.73. The van der Waals surface area contributed by atoms with Gasteiger partial charge >= 0.3 is 6.03 Å². The highest BCUT2D eigenvalue weighted by molar-refractivity contribution is 5.73. The molecule has 1 unspecified atom stereocenters. The largest absolute Gasteiger partial charge is 0.338 e. The van der Waals surface area contributed by atoms with Gasteiger partial charge in [-0.25, -0.2) is 4.79 Å². The van der Waals surface area contributed by atoms with Crippen molar-refractivity contribution in [3.05, 3.63) is 35.9 Å². The normalized spacial score (nSPS) is 23.3. The van der Waals surface area contributed by atoms with Gasteiger partial charge in [0.15, 0.2) is 0 Å². The average molecular weight is 276 g/mol. The molecule has 0 saturated heterocycles. The van der Waals surface area contributed by atoms with Crippen molar-refractivity contribution in [3.63, 3.8) is 0 Å². The molecule has 2 amide bonds. The summed E-state index contributed by atoms with van der Waals surface area (Å²) >= 11 is 0. The summed E-state index contributed by atoms with van der Waals surface area (Å²) < 4.78 is 0. The number of carbonyl (C=O) groups is 1. The van der Waals surface area contributed by atoms with Gasteiger partial charge in [-0.3, -0.25) is 0 Å². The van der Waals surface area contributed by atoms with E-state index >= 15 is 0 Å². The molecule has 5 heteroatoms. The van der Waals surface area contributed by atoms with E-state index in [-0.39, 0.29) is 12.1 Å². The van der Waals surface area contributed by atoms with Gasteiger partial charge in [0.25, 0.3) is 0 Å². The van der Waals surface area contributed by atoms with E-state index in [2.05, 4.69) is 10.6 Å². The Morgan fingerprint density at radius 3 is 2.65 bits per heavy atom. The van der Waals surface area contributed by atoms with E-state index in [1.165, 1.54) is 0 Å². The van der Waals surface area contributed by atoms with Gasteiger partial charge in [-0.1, -0.05) is 30.3 Å². The van der Waals surface area contributed by atoms with Gasteiger partial charge in [0.05, 0.1) is 0 Å². The Morgan fingerprint density at radius 2 is 2.00 bits per heavy atom. The number of urea groups is 1. The average Bonchev–Trinajstić information content (AvgIpc) is 2.89. The van der Waals surface area contributed by atoms with Gasteiger partial charge in [-0.15, -0.1) is 0 Å². The third-order valence-electron chi connectivity index (χ3n) is 3.84. The Balaban J connectivity index is 1.65. The van der Waals surface area contributed by atoms with Gasteiger partial charge in [0, 0.05) is 25.2 Å². The molecule has 0 heterocycles. The smallest absolute Gasteiger partial charge is 0.314 e. The van der Waals surface area contributed by atoms with Crippen LogP contribution in [-0.4, -0.2) is 25.2 Å². The van der Waals surface area contributed by atoms with Crippen molar-refractivity contribution in [2.45, 2.75) is 31.3 Å². The van der Waals surface area contributed by atoms with Crippen LogP contribution in [-0.2, 0) is 0 Å². The molecule has 0 spiro atoms. The zero-order valence-corrected chi connectivity index (χ0v) is 11.7. The standard InChI is InChI=1S/C15H24N4O/c16-13-7-6-11(8-13)9-18-15(20)19-10-14(17)12-4-2-1-3-5-12/h1-5,11,13-14H,6-10,16-17H2,(H2,18,19,20)/t11-,13+,14?/m1/s1. The van der Waals surface area contributed by atoms with Crippen LogP contribution in [0.4, 0.5) is 4.79 Å². The van der Waals surface area contributed by atoms with Gasteiger partial charge in [-0.05, 0) is 30.7 Å². The minimum absolute atomic E-state index is 0.156. The topological polar surface area (TPSA) is 93.2 Å². The summed E-state index contributed by atoms with van der Waals surface area (Å²) in [4.78, 5) is 11.7. The van der Waals surface area contributed by atoms with Crippen LogP contribution < -0.4 is 22.1 Å². The van der Waals surface area contributed by atoms with E-state index in [9.17, 15) is 4.79 Å². The number of carbonyl (C=O) groups excluding carboxylic acids is 1. The van der Waals surface area contributed by atoms with E-state index < -0.39 is 0 Å². The summed E-state index contributed by atoms with van der Waals surface area (Å²) in [5.41, 5.74) is 12.9. The minimum Gasteiger partial charge on any atom is -0.338 e. The summed E-state index contributed by atoms with van der Waals surface area (Å²) in [7, 11) is 0. The number of nitrogens with two attached hydrogens (primary N) is 2. The third-order valence-corrected chi connectivity index (χ3v) is 3.84. The second-order valence-electron chi connectivity index (χ2n) is 5.55. The number of amides is 2. The van der Waals surface area contributed by atoms with E-state index in [0.717, 1.165) is 24.8 Å². The van der Waals surface area contributed by atoms with Crippen LogP contribution in [0.1, 0.15) is 30.9 Å². The maximum atomic E-state index is 11.7. The minimum atomic E-state index is -0.179. The highest BCUT2D eigenvalue weighted by atomic mass is 16.2. The van der Waals surface area contributed by atoms with Crippen molar-refractivity contribution in [1.82, 2.24) is 10.6 Å². The molecule has 0 aliphatic heterocycles. The lowest BCUT2D eigenvalue weighted by Gasteiger charge is -2.15. The number of benzene rings is 1. The third kappa shape index (κ3) is 4.51. The fraction of sp³-hybridized carbons (Fsp3) is 0.533. The zero-order valence-electron chi connectivity index (χ0n) is 11.7. The molecule has 1 saturated carbocycles. The Hall–Kier alpha value is -1.59. The molecule has 1 fully saturated rings. The van der Waals surface area contributed by atoms with Crippen molar-refractivity contribution in [1.29, 1.82) is 0 Å². The Labute approximate surface area is 120 Å². The first-order valence-electron chi connectivity index (χ1n) is 7.23. The zero-order chi connectivity index (χ0) is 14.4. The van der Waals surface area contributed by atoms with Crippen LogP contribution >= 0.6 is 0 Å². The van der Waals surface area contributed by atoms with E-state index in [4.69, 9.17) is 11.5 Å². The summed E-state index contributed by atoms with van der Waals surface area (Å²) in [5.74, 6) is 0.513. The van der Waals surface area contributed by atoms with E-state index in [0.29, 0.717) is 25.0 Å². The van der Waals surface area contributed by atoms with Crippen molar-refractivity contribution in [2.75, 3.05) is 13.1 Å². The molecule has 0 radical (unpaired) electrons. The molecular formula is C15H24N4O. The van der Waals surface area contributed by atoms with Crippen molar-refractivity contribution < 1.29 is 4.79 Å². The SMILES string of the molecule is NC(CNC(=O)NC[C@@H]1CC[C@H](N)C1)c1ccccc1. The van der Waals surface area contributed by atoms with Gasteiger partial charge < -0.3 is 22.1 Å². The lowest BCUT2D eigenvalue weighted by Crippen LogP contribution is -2.41. The molecule has 3 atom stereocenters. The molecule has 6 N–H and O–H groups in total. The molecule has 1 aromatic carbocycles. The molecule has 5 nitrogen and oxygen atoms in total. The fourth-order valence-electron chi connectivity index (χ4n) is 2.62. The number of hydrogen-bond donors (Lipinski definition) is 4. The van der Waals surface area contributed by atoms with Crippen molar-refractivity contribution >= 4 is 6.03 Å². The van der Waals surface area contributed by atoms with Gasteiger partial charge in [0.1, 0.15) is 0 Å². The van der Waals surface area contributed by atoms with Crippen LogP contribution in [0.25, 0.3) is 0 Å². The first-order chi connectivity index (χ1) is 9.65. The van der Waals surface area contributed by atoms with Crippen LogP contribution in [0.15, 0.2) is 30.3 Å². The van der Waals surface area contributed by atoms with Crippen LogP contribution in [0.2, 0.25) is 0 Å². The fourth-order valence-corrected chi connectivity index (χ4v) is 2.62. The molecule has 2 rings (SSSR count). The maximum absolute atomic E-state index is 11.7. The predicted molar refractivity (Wildman–Crippen MR) is 80.1 cm³/mol. The first kappa shape index (κ1) is 14.8. The molecule has 1 aromatic rings. The molecule has 110 valence electrons. The second kappa shape index (κ2) is 7.26. The van der Waals surface area contributed by atoms with Gasteiger partial charge in [-0.2, -0.15) is 0 Å². The number of rotatable bonds is 5. The Morgan fingerprint density at radius 1 is 1.25 bits per heavy atom. The van der Waals surface area contributed by atoms with Crippen LogP contribution in [0.5, 0.6) is 0 Å². The number of nitrogens with one attached hydrogen (secondary N) is 2. The van der Waals surface area contributed by atoms with Crippen LogP contribution in [0, 0.1) is 5.92 Å². The van der Waals surface area contributed by atoms with E-state index in [1.54, 1.807) is 0 Å². The lowest BCUT2D eigenvalue weighted by molar-refractivity contribution is 0.238. The maximum Gasteiger partial charge on any atom is 0.314 e. The van der Waals surface area contributed by atoms with Crippen molar-refractivity contribution in [2.24, 2.45) is 17.4 Å². The summed E-state index contributed by atoms with van der Waals surface area (Å²) in [5, 5.41) is 5.70. The molecule has 0 bridgehead atoms. The van der Waals surface area contributed by atoms with Crippen LogP contribution in [0.3, 0.4) is 0 Å². The Kier molecular flexibility index (Phi) is 5.38. The lowest BCUT2D eigenvalue weighted by atomic mass is 10.1. The highest BCUT2D eigenvalue weighted by Gasteiger charge is 2.21. The highest BCUT2D eigenvalue weighted by Crippen LogP contribution is 2.22. The van der Waals surface area contributed by atoms with E-state index in [1.807, 2.05) is 30.3 Å². The summed E-state index contributed by atoms with van der Waals surface area (Å²) in [6.45, 7) is 1.13. The van der Waals surface area contributed by atoms with Gasteiger partial charge in [0.2, 0.25) is 0 Å². The second-order valence-corrected chi connectivity index (χ2v) is 5.55. The molecule has 0 aromatic heterocycles. The molecule has 20 heavy (non-hydrogen) atoms. The molecule has 1 aliphatic rings. The number of hydrogen-bond acceptors (Lipinski definition) is 3. The quantitative estimate of drug-likeness (QED) is 0.649. The predicted octanol–water partition coefficient (Wildman–Crippen LogP) is 1.11.